The molecule has 33 heavy (non-hydrogen) atoms. The topological polar surface area (TPSA) is 104 Å². The SMILES string of the molecule is O=C[C@H](C[C@@H]1CCCNC1=O)NC(=O)[C@H](CC1CCCCC1)NC(=O)/C=C/c1ccccc1. The summed E-state index contributed by atoms with van der Waals surface area (Å²) in [5, 5.41) is 8.43. The molecule has 2 fully saturated rings. The van der Waals surface area contributed by atoms with Gasteiger partial charge in [-0.3, -0.25) is 14.4 Å². The first-order valence-corrected chi connectivity index (χ1v) is 12.1. The first-order chi connectivity index (χ1) is 16.0. The van der Waals surface area contributed by atoms with Crippen molar-refractivity contribution in [3.05, 3.63) is 42.0 Å². The second-order valence-electron chi connectivity index (χ2n) is 9.16. The summed E-state index contributed by atoms with van der Waals surface area (Å²) in [6.07, 6.45) is 11.8. The van der Waals surface area contributed by atoms with Crippen LogP contribution in [-0.2, 0) is 19.2 Å². The fourth-order valence-electron chi connectivity index (χ4n) is 4.74. The van der Waals surface area contributed by atoms with Crippen molar-refractivity contribution >= 4 is 30.1 Å². The molecule has 1 aliphatic heterocycles. The summed E-state index contributed by atoms with van der Waals surface area (Å²) < 4.78 is 0. The number of benzene rings is 1. The Labute approximate surface area is 195 Å². The van der Waals surface area contributed by atoms with E-state index < -0.39 is 12.1 Å². The van der Waals surface area contributed by atoms with E-state index in [0.29, 0.717) is 31.6 Å². The maximum Gasteiger partial charge on any atom is 0.244 e. The molecule has 2 aliphatic rings. The summed E-state index contributed by atoms with van der Waals surface area (Å²) in [6, 6.07) is 8.01. The molecule has 0 spiro atoms. The number of piperidine rings is 1. The van der Waals surface area contributed by atoms with Crippen molar-refractivity contribution in [1.82, 2.24) is 16.0 Å². The Morgan fingerprint density at radius 3 is 2.45 bits per heavy atom. The number of nitrogens with one attached hydrogen (secondary N) is 3. The number of amides is 3. The zero-order chi connectivity index (χ0) is 23.5. The van der Waals surface area contributed by atoms with E-state index in [4.69, 9.17) is 0 Å². The van der Waals surface area contributed by atoms with E-state index in [1.165, 1.54) is 12.5 Å². The molecular weight excluding hydrogens is 418 g/mol. The summed E-state index contributed by atoms with van der Waals surface area (Å²) in [4.78, 5) is 49.4. The van der Waals surface area contributed by atoms with Crippen molar-refractivity contribution < 1.29 is 19.2 Å². The lowest BCUT2D eigenvalue weighted by molar-refractivity contribution is -0.130. The first-order valence-electron chi connectivity index (χ1n) is 12.1. The van der Waals surface area contributed by atoms with Crippen LogP contribution in [0.1, 0.15) is 63.4 Å². The standard InChI is InChI=1S/C26H35N3O4/c30-18-22(17-21-12-7-15-27-25(21)32)28-26(33)23(16-20-10-5-2-6-11-20)29-24(31)14-13-19-8-3-1-4-9-19/h1,3-4,8-9,13-14,18,20-23H,2,5-7,10-12,15-17H2,(H,27,32)(H,28,33)(H,29,31)/b14-13+/t21-,22-,23-/m0/s1. The Morgan fingerprint density at radius 2 is 1.76 bits per heavy atom. The van der Waals surface area contributed by atoms with Crippen LogP contribution in [0.5, 0.6) is 0 Å². The molecule has 7 heteroatoms. The van der Waals surface area contributed by atoms with E-state index in [1.54, 1.807) is 6.08 Å². The van der Waals surface area contributed by atoms with Crippen LogP contribution in [0.15, 0.2) is 36.4 Å². The number of aldehydes is 1. The minimum absolute atomic E-state index is 0.0690. The second kappa shape index (κ2) is 12.9. The molecule has 7 nitrogen and oxygen atoms in total. The normalized spacial score (nSPS) is 21.1. The van der Waals surface area contributed by atoms with E-state index in [-0.39, 0.29) is 30.1 Å². The van der Waals surface area contributed by atoms with Gasteiger partial charge in [0.25, 0.3) is 0 Å². The predicted molar refractivity (Wildman–Crippen MR) is 127 cm³/mol. The highest BCUT2D eigenvalue weighted by atomic mass is 16.2. The molecule has 1 saturated carbocycles. The van der Waals surface area contributed by atoms with Gasteiger partial charge in [0.15, 0.2) is 0 Å². The van der Waals surface area contributed by atoms with Gasteiger partial charge < -0.3 is 20.7 Å². The third kappa shape index (κ3) is 8.15. The van der Waals surface area contributed by atoms with E-state index in [1.807, 2.05) is 30.3 Å². The Kier molecular flexibility index (Phi) is 9.66. The van der Waals surface area contributed by atoms with Crippen LogP contribution in [-0.4, -0.2) is 42.6 Å². The molecule has 178 valence electrons. The molecule has 3 rings (SSSR count). The monoisotopic (exact) mass is 453 g/mol. The number of hydrogen-bond acceptors (Lipinski definition) is 4. The maximum absolute atomic E-state index is 13.1. The molecule has 3 amide bonds. The summed E-state index contributed by atoms with van der Waals surface area (Å²) in [6.45, 7) is 0.652. The Balaban J connectivity index is 1.62. The summed E-state index contributed by atoms with van der Waals surface area (Å²) >= 11 is 0. The lowest BCUT2D eigenvalue weighted by atomic mass is 9.84. The first kappa shape index (κ1) is 24.7. The smallest absolute Gasteiger partial charge is 0.244 e. The fourth-order valence-corrected chi connectivity index (χ4v) is 4.74. The molecule has 1 aromatic rings. The number of carbonyl (C=O) groups is 4. The van der Waals surface area contributed by atoms with Gasteiger partial charge in [-0.2, -0.15) is 0 Å². The van der Waals surface area contributed by atoms with Gasteiger partial charge in [-0.25, -0.2) is 0 Å². The van der Waals surface area contributed by atoms with Crippen molar-refractivity contribution in [1.29, 1.82) is 0 Å². The van der Waals surface area contributed by atoms with Gasteiger partial charge in [0, 0.05) is 18.5 Å². The van der Waals surface area contributed by atoms with Gasteiger partial charge in [-0.15, -0.1) is 0 Å². The molecule has 1 saturated heterocycles. The zero-order valence-corrected chi connectivity index (χ0v) is 19.1. The summed E-state index contributed by atoms with van der Waals surface area (Å²) in [7, 11) is 0. The summed E-state index contributed by atoms with van der Waals surface area (Å²) in [5.41, 5.74) is 0.896. The van der Waals surface area contributed by atoms with Crippen LogP contribution in [0.3, 0.4) is 0 Å². The highest BCUT2D eigenvalue weighted by Crippen LogP contribution is 2.27. The van der Waals surface area contributed by atoms with Gasteiger partial charge in [-0.1, -0.05) is 62.4 Å². The second-order valence-corrected chi connectivity index (χ2v) is 9.16. The van der Waals surface area contributed by atoms with Crippen LogP contribution in [0, 0.1) is 11.8 Å². The van der Waals surface area contributed by atoms with Gasteiger partial charge >= 0.3 is 0 Å². The summed E-state index contributed by atoms with van der Waals surface area (Å²) in [5.74, 6) is -0.693. The molecule has 0 radical (unpaired) electrons. The van der Waals surface area contributed by atoms with Gasteiger partial charge in [0.1, 0.15) is 12.3 Å². The van der Waals surface area contributed by atoms with E-state index in [0.717, 1.165) is 37.7 Å². The molecule has 1 aliphatic carbocycles. The van der Waals surface area contributed by atoms with Crippen molar-refractivity contribution in [3.8, 4) is 0 Å². The van der Waals surface area contributed by atoms with E-state index in [9.17, 15) is 19.2 Å². The van der Waals surface area contributed by atoms with Crippen molar-refractivity contribution in [2.45, 2.75) is 69.9 Å². The molecule has 0 unspecified atom stereocenters. The van der Waals surface area contributed by atoms with Crippen molar-refractivity contribution in [3.63, 3.8) is 0 Å². The zero-order valence-electron chi connectivity index (χ0n) is 19.1. The van der Waals surface area contributed by atoms with Gasteiger partial charge in [0.05, 0.1) is 6.04 Å². The highest BCUT2D eigenvalue weighted by molar-refractivity contribution is 5.96. The number of rotatable bonds is 10. The third-order valence-corrected chi connectivity index (χ3v) is 6.58. The third-order valence-electron chi connectivity index (χ3n) is 6.58. The molecular formula is C26H35N3O4. The van der Waals surface area contributed by atoms with Crippen LogP contribution in [0.25, 0.3) is 6.08 Å². The minimum Gasteiger partial charge on any atom is -0.356 e. The quantitative estimate of drug-likeness (QED) is 0.374. The average molecular weight is 454 g/mol. The van der Waals surface area contributed by atoms with E-state index in [2.05, 4.69) is 16.0 Å². The average Bonchev–Trinajstić information content (AvgIpc) is 2.84. The molecule has 3 atom stereocenters. The van der Waals surface area contributed by atoms with Crippen LogP contribution < -0.4 is 16.0 Å². The largest absolute Gasteiger partial charge is 0.356 e. The maximum atomic E-state index is 13.1. The molecule has 3 N–H and O–H groups in total. The number of carbonyl (C=O) groups excluding carboxylic acids is 4. The van der Waals surface area contributed by atoms with Gasteiger partial charge in [-0.05, 0) is 43.2 Å². The lowest BCUT2D eigenvalue weighted by Gasteiger charge is -2.28. The molecule has 1 heterocycles. The van der Waals surface area contributed by atoms with Crippen molar-refractivity contribution in [2.24, 2.45) is 11.8 Å². The van der Waals surface area contributed by atoms with Crippen LogP contribution >= 0.6 is 0 Å². The fraction of sp³-hybridized carbons (Fsp3) is 0.538. The Hall–Kier alpha value is -2.96. The van der Waals surface area contributed by atoms with Crippen molar-refractivity contribution in [2.75, 3.05) is 6.54 Å². The van der Waals surface area contributed by atoms with E-state index >= 15 is 0 Å². The molecule has 0 aromatic heterocycles. The minimum atomic E-state index is -0.753. The molecule has 0 bridgehead atoms. The lowest BCUT2D eigenvalue weighted by Crippen LogP contribution is -2.51. The number of hydrogen-bond donors (Lipinski definition) is 3. The van der Waals surface area contributed by atoms with Gasteiger partial charge in [0.2, 0.25) is 17.7 Å². The highest BCUT2D eigenvalue weighted by Gasteiger charge is 2.30. The van der Waals surface area contributed by atoms with Crippen LogP contribution in [0.4, 0.5) is 0 Å². The predicted octanol–water partition coefficient (Wildman–Crippen LogP) is 2.76. The Bertz CT molecular complexity index is 833. The molecule has 1 aromatic carbocycles. The Morgan fingerprint density at radius 1 is 1.00 bits per heavy atom. The van der Waals surface area contributed by atoms with Crippen LogP contribution in [0.2, 0.25) is 0 Å².